The van der Waals surface area contributed by atoms with Crippen LogP contribution in [0.5, 0.6) is 0 Å². The van der Waals surface area contributed by atoms with Crippen LogP contribution in [0.1, 0.15) is 42.6 Å². The normalized spacial score (nSPS) is 14.6. The number of methoxy groups -OCH3 is 1. The lowest BCUT2D eigenvalue weighted by molar-refractivity contribution is 0.0584. The second-order valence-electron chi connectivity index (χ2n) is 6.41. The van der Waals surface area contributed by atoms with Gasteiger partial charge in [0.1, 0.15) is 17.1 Å². The lowest BCUT2D eigenvalue weighted by Gasteiger charge is -2.23. The van der Waals surface area contributed by atoms with Crippen LogP contribution in [0, 0.1) is 13.8 Å². The number of furan rings is 1. The number of hydrogen-bond acceptors (Lipinski definition) is 4. The number of nitrogens with one attached hydrogen (secondary N) is 2. The van der Waals surface area contributed by atoms with E-state index in [1.54, 1.807) is 33.1 Å². The van der Waals surface area contributed by atoms with Crippen molar-refractivity contribution in [2.75, 3.05) is 19.0 Å². The highest BCUT2D eigenvalue weighted by Crippen LogP contribution is 2.26. The fraction of sp³-hybridized carbons (Fsp3) is 0.421. The number of aliphatic hydroxyl groups is 1. The molecule has 0 radical (unpaired) electrons. The largest absolute Gasteiger partial charge is 0.466 e. The summed E-state index contributed by atoms with van der Waals surface area (Å²) >= 11 is 0. The highest BCUT2D eigenvalue weighted by atomic mass is 16.5. The number of amides is 2. The van der Waals surface area contributed by atoms with Gasteiger partial charge in [0, 0.05) is 18.4 Å². The molecule has 6 nitrogen and oxygen atoms in total. The summed E-state index contributed by atoms with van der Waals surface area (Å²) in [4.78, 5) is 12.1. The Morgan fingerprint density at radius 1 is 1.36 bits per heavy atom. The van der Waals surface area contributed by atoms with Gasteiger partial charge in [-0.2, -0.15) is 0 Å². The molecule has 0 spiro atoms. The number of carbonyl (C=O) groups excluding carboxylic acids is 1. The lowest BCUT2D eigenvalue weighted by atomic mass is 9.96. The number of hydrogen-bond donors (Lipinski definition) is 3. The first-order chi connectivity index (χ1) is 11.7. The minimum absolute atomic E-state index is 0.0575. The molecule has 0 unspecified atom stereocenters. The van der Waals surface area contributed by atoms with Gasteiger partial charge in [0.25, 0.3) is 0 Å². The fourth-order valence-electron chi connectivity index (χ4n) is 2.69. The van der Waals surface area contributed by atoms with E-state index in [-0.39, 0.29) is 18.7 Å². The number of benzene rings is 1. The van der Waals surface area contributed by atoms with Gasteiger partial charge in [-0.1, -0.05) is 12.1 Å². The Labute approximate surface area is 148 Å². The molecule has 2 atom stereocenters. The van der Waals surface area contributed by atoms with Crippen molar-refractivity contribution in [1.29, 1.82) is 0 Å². The molecule has 0 aliphatic rings. The smallest absolute Gasteiger partial charge is 0.319 e. The minimum atomic E-state index is -1.22. The molecule has 2 rings (SSSR count). The Morgan fingerprint density at radius 3 is 2.68 bits per heavy atom. The van der Waals surface area contributed by atoms with E-state index in [1.165, 1.54) is 0 Å². The van der Waals surface area contributed by atoms with Crippen LogP contribution in [-0.4, -0.2) is 24.8 Å². The zero-order valence-electron chi connectivity index (χ0n) is 15.3. The molecule has 2 aromatic rings. The third-order valence-corrected chi connectivity index (χ3v) is 4.18. The topological polar surface area (TPSA) is 83.7 Å². The van der Waals surface area contributed by atoms with Gasteiger partial charge in [-0.3, -0.25) is 0 Å². The van der Waals surface area contributed by atoms with E-state index >= 15 is 0 Å². The molecule has 0 aliphatic carbocycles. The van der Waals surface area contributed by atoms with Gasteiger partial charge >= 0.3 is 6.03 Å². The molecule has 2 amide bonds. The van der Waals surface area contributed by atoms with Crippen molar-refractivity contribution in [3.05, 3.63) is 53.0 Å². The lowest BCUT2D eigenvalue weighted by Crippen LogP contribution is -2.40. The van der Waals surface area contributed by atoms with Crippen LogP contribution in [0.15, 0.2) is 34.7 Å². The van der Waals surface area contributed by atoms with E-state index < -0.39 is 5.60 Å². The molecule has 0 aliphatic heterocycles. The van der Waals surface area contributed by atoms with Crippen LogP contribution in [0.4, 0.5) is 10.5 Å². The number of carbonyl (C=O) groups is 1. The predicted octanol–water partition coefficient (Wildman–Crippen LogP) is 3.63. The Morgan fingerprint density at radius 2 is 2.08 bits per heavy atom. The molecule has 0 bridgehead atoms. The Hall–Kier alpha value is -2.31. The van der Waals surface area contributed by atoms with Crippen LogP contribution in [0.3, 0.4) is 0 Å². The van der Waals surface area contributed by atoms with Crippen LogP contribution in [0.25, 0.3) is 0 Å². The van der Waals surface area contributed by atoms with E-state index in [9.17, 15) is 9.90 Å². The van der Waals surface area contributed by atoms with Gasteiger partial charge < -0.3 is 24.9 Å². The molecule has 0 saturated heterocycles. The average Bonchev–Trinajstić information content (AvgIpc) is 2.92. The van der Waals surface area contributed by atoms with Crippen molar-refractivity contribution in [2.45, 2.75) is 39.4 Å². The molecule has 3 N–H and O–H groups in total. The molecule has 0 fully saturated rings. The Bertz CT molecular complexity index is 737. The van der Waals surface area contributed by atoms with E-state index in [0.717, 1.165) is 11.3 Å². The monoisotopic (exact) mass is 346 g/mol. The molecule has 136 valence electrons. The zero-order valence-corrected chi connectivity index (χ0v) is 15.3. The predicted molar refractivity (Wildman–Crippen MR) is 96.6 cm³/mol. The molecule has 0 saturated carbocycles. The van der Waals surface area contributed by atoms with Crippen molar-refractivity contribution in [1.82, 2.24) is 5.32 Å². The molecular formula is C19H26N2O4. The summed E-state index contributed by atoms with van der Waals surface area (Å²) in [5.41, 5.74) is 1.08. The standard InChI is InChI=1S/C19H26N2O4/c1-12-9-17(14(3)25-12)19(4,23)11-20-18(22)21-16-8-6-7-15(10-16)13(2)24-5/h6-10,13,23H,11H2,1-5H3,(H2,20,21,22)/t13-,19+/m0/s1. The molecule has 25 heavy (non-hydrogen) atoms. The van der Waals surface area contributed by atoms with Gasteiger partial charge in [0.15, 0.2) is 0 Å². The molecule has 6 heteroatoms. The summed E-state index contributed by atoms with van der Waals surface area (Å²) < 4.78 is 10.7. The fourth-order valence-corrected chi connectivity index (χ4v) is 2.69. The van der Waals surface area contributed by atoms with E-state index in [0.29, 0.717) is 17.0 Å². The van der Waals surface area contributed by atoms with Crippen molar-refractivity contribution >= 4 is 11.7 Å². The highest BCUT2D eigenvalue weighted by Gasteiger charge is 2.28. The Balaban J connectivity index is 1.97. The number of anilines is 1. The van der Waals surface area contributed by atoms with Crippen molar-refractivity contribution in [2.24, 2.45) is 0 Å². The minimum Gasteiger partial charge on any atom is -0.466 e. The van der Waals surface area contributed by atoms with E-state index in [4.69, 9.17) is 9.15 Å². The first-order valence-corrected chi connectivity index (χ1v) is 8.20. The summed E-state index contributed by atoms with van der Waals surface area (Å²) in [5, 5.41) is 16.1. The van der Waals surface area contributed by atoms with Gasteiger partial charge in [-0.15, -0.1) is 0 Å². The Kier molecular flexibility index (Phi) is 5.87. The molecule has 1 heterocycles. The van der Waals surface area contributed by atoms with Crippen LogP contribution >= 0.6 is 0 Å². The first-order valence-electron chi connectivity index (χ1n) is 8.20. The SMILES string of the molecule is CO[C@@H](C)c1cccc(NC(=O)NC[C@@](C)(O)c2cc(C)oc2C)c1. The zero-order chi connectivity index (χ0) is 18.6. The number of urea groups is 1. The van der Waals surface area contributed by atoms with Gasteiger partial charge in [0.05, 0.1) is 12.6 Å². The number of rotatable bonds is 6. The highest BCUT2D eigenvalue weighted by molar-refractivity contribution is 5.89. The van der Waals surface area contributed by atoms with Crippen molar-refractivity contribution in [3.8, 4) is 0 Å². The third kappa shape index (κ3) is 4.84. The maximum Gasteiger partial charge on any atom is 0.319 e. The van der Waals surface area contributed by atoms with Gasteiger partial charge in [-0.05, 0) is 51.5 Å². The first kappa shape index (κ1) is 19.0. The van der Waals surface area contributed by atoms with Gasteiger partial charge in [-0.25, -0.2) is 4.79 Å². The third-order valence-electron chi connectivity index (χ3n) is 4.18. The summed E-state index contributed by atoms with van der Waals surface area (Å²) in [6.07, 6.45) is -0.0575. The summed E-state index contributed by atoms with van der Waals surface area (Å²) in [5.74, 6) is 1.37. The van der Waals surface area contributed by atoms with Crippen molar-refractivity contribution in [3.63, 3.8) is 0 Å². The summed E-state index contributed by atoms with van der Waals surface area (Å²) in [7, 11) is 1.64. The van der Waals surface area contributed by atoms with Crippen LogP contribution < -0.4 is 10.6 Å². The van der Waals surface area contributed by atoms with Crippen LogP contribution in [-0.2, 0) is 10.3 Å². The maximum atomic E-state index is 12.1. The second-order valence-corrected chi connectivity index (χ2v) is 6.41. The quantitative estimate of drug-likeness (QED) is 0.746. The number of ether oxygens (including phenoxy) is 1. The van der Waals surface area contributed by atoms with Crippen molar-refractivity contribution < 1.29 is 19.1 Å². The average molecular weight is 346 g/mol. The second kappa shape index (κ2) is 7.72. The van der Waals surface area contributed by atoms with E-state index in [1.807, 2.05) is 32.0 Å². The summed E-state index contributed by atoms with van der Waals surface area (Å²) in [6, 6.07) is 8.84. The molecular weight excluding hydrogens is 320 g/mol. The summed E-state index contributed by atoms with van der Waals surface area (Å²) in [6.45, 7) is 7.25. The van der Waals surface area contributed by atoms with Crippen LogP contribution in [0.2, 0.25) is 0 Å². The molecule has 1 aromatic carbocycles. The number of aryl methyl sites for hydroxylation is 2. The van der Waals surface area contributed by atoms with Gasteiger partial charge in [0.2, 0.25) is 0 Å². The maximum absolute atomic E-state index is 12.1. The molecule has 1 aromatic heterocycles. The van der Waals surface area contributed by atoms with E-state index in [2.05, 4.69) is 10.6 Å².